The van der Waals surface area contributed by atoms with Gasteiger partial charge in [0.1, 0.15) is 11.5 Å². The highest BCUT2D eigenvalue weighted by Gasteiger charge is 2.45. The number of aryl methyl sites for hydroxylation is 1. The zero-order chi connectivity index (χ0) is 38.2. The third-order valence-corrected chi connectivity index (χ3v) is 9.66. The minimum atomic E-state index is -0.757. The van der Waals surface area contributed by atoms with Gasteiger partial charge in [0.15, 0.2) is 0 Å². The molecule has 0 saturated heterocycles. The van der Waals surface area contributed by atoms with E-state index in [0.717, 1.165) is 57.8 Å². The van der Waals surface area contributed by atoms with Gasteiger partial charge in [0, 0.05) is 17.0 Å². The van der Waals surface area contributed by atoms with E-state index >= 15 is 0 Å². The van der Waals surface area contributed by atoms with Crippen molar-refractivity contribution in [3.8, 4) is 11.5 Å². The van der Waals surface area contributed by atoms with E-state index in [2.05, 4.69) is 170 Å². The lowest BCUT2D eigenvalue weighted by Crippen LogP contribution is -2.34. The molecule has 4 aromatic carbocycles. The third kappa shape index (κ3) is 8.86. The molecule has 1 atom stereocenters. The van der Waals surface area contributed by atoms with Gasteiger partial charge in [-0.1, -0.05) is 202 Å². The van der Waals surface area contributed by atoms with Gasteiger partial charge in [-0.15, -0.1) is 0 Å². The first-order valence-electron chi connectivity index (χ1n) is 18.5. The topological polar surface area (TPSA) is 35.2 Å². The molecule has 2 N–H and O–H groups in total. The standard InChI is InChI=1S/C51H46O.CH5N/c1-5-6-11-24-39(2)50(44-30-14-10-15-31-44)45-29-13-9-7-8-12-26-42-27-18-19-28-43(42)38-37-41(4)51(40(3)25-16-17-32-45)46-33-20-22-35-48(46)52-49-36-23-21-34-47(49)51;1-2/h5-11,13-25,27-38,50H,2-4,12,26H2,1H3;2H2,1H3/b6-5-,8-7-,13-9-,24-11-,25-16-,32-17+,38-37-,45-29+;. The number of benzene rings is 4. The minimum Gasteiger partial charge on any atom is -0.457 e. The average molecular weight is 706 g/mol. The van der Waals surface area contributed by atoms with Crippen LogP contribution in [0.1, 0.15) is 47.1 Å². The molecule has 0 aromatic heterocycles. The Hall–Kier alpha value is -6.22. The average Bonchev–Trinajstić information content (AvgIpc) is 3.21. The minimum absolute atomic E-state index is 0.0414. The van der Waals surface area contributed by atoms with Crippen LogP contribution in [0, 0.1) is 0 Å². The highest BCUT2D eigenvalue weighted by Crippen LogP contribution is 2.55. The van der Waals surface area contributed by atoms with E-state index < -0.39 is 5.41 Å². The fourth-order valence-corrected chi connectivity index (χ4v) is 7.14. The smallest absolute Gasteiger partial charge is 0.132 e. The summed E-state index contributed by atoms with van der Waals surface area (Å²) in [5, 5.41) is 0. The molecular formula is C52H51NO. The van der Waals surface area contributed by atoms with Crippen LogP contribution in [0.15, 0.2) is 230 Å². The molecule has 1 unspecified atom stereocenters. The van der Waals surface area contributed by atoms with Crippen LogP contribution in [0.5, 0.6) is 11.5 Å². The van der Waals surface area contributed by atoms with Crippen molar-refractivity contribution in [2.45, 2.75) is 31.1 Å². The second-order valence-corrected chi connectivity index (χ2v) is 13.0. The molecule has 1 aliphatic heterocycles. The predicted octanol–water partition coefficient (Wildman–Crippen LogP) is 13.0. The summed E-state index contributed by atoms with van der Waals surface area (Å²) in [4.78, 5) is 0. The van der Waals surface area contributed by atoms with Crippen molar-refractivity contribution < 1.29 is 4.74 Å². The van der Waals surface area contributed by atoms with Crippen LogP contribution in [0.2, 0.25) is 0 Å². The Kier molecular flexibility index (Phi) is 14.1. The summed E-state index contributed by atoms with van der Waals surface area (Å²) in [6.07, 6.45) is 33.7. The molecule has 270 valence electrons. The number of ether oxygens (including phenoxy) is 1. The van der Waals surface area contributed by atoms with Gasteiger partial charge in [0.05, 0.1) is 5.41 Å². The van der Waals surface area contributed by atoms with Crippen LogP contribution in [0.3, 0.4) is 0 Å². The van der Waals surface area contributed by atoms with Crippen LogP contribution >= 0.6 is 0 Å². The van der Waals surface area contributed by atoms with Crippen molar-refractivity contribution in [3.05, 3.63) is 258 Å². The van der Waals surface area contributed by atoms with Crippen LogP contribution in [-0.2, 0) is 11.8 Å². The van der Waals surface area contributed by atoms with Gasteiger partial charge in [-0.3, -0.25) is 0 Å². The maximum atomic E-state index is 6.49. The van der Waals surface area contributed by atoms with Crippen molar-refractivity contribution in [2.75, 3.05) is 7.05 Å². The molecule has 2 nitrogen and oxygen atoms in total. The Morgan fingerprint density at radius 1 is 0.685 bits per heavy atom. The van der Waals surface area contributed by atoms with Gasteiger partial charge < -0.3 is 10.5 Å². The Morgan fingerprint density at radius 3 is 2.04 bits per heavy atom. The first-order valence-corrected chi connectivity index (χ1v) is 18.5. The summed E-state index contributed by atoms with van der Waals surface area (Å²) in [7, 11) is 1.50. The summed E-state index contributed by atoms with van der Waals surface area (Å²) in [6.45, 7) is 16.1. The number of hydrogen-bond acceptors (Lipinski definition) is 2. The summed E-state index contributed by atoms with van der Waals surface area (Å²) < 4.78 is 6.49. The maximum Gasteiger partial charge on any atom is 0.132 e. The molecule has 2 heteroatoms. The summed E-state index contributed by atoms with van der Waals surface area (Å²) in [5.41, 5.74) is 13.4. The Morgan fingerprint density at radius 2 is 1.31 bits per heavy atom. The SMILES string of the molecule is C=C(/C=C\C=C/C)C(C1=C/C=C\C=C/CCc2ccccc2/C=C\C(=C)C2(C(=C)/C=C\C=C\1)c1ccccc1Oc1ccccc12)c1ccccc1.CN. The van der Waals surface area contributed by atoms with E-state index in [0.29, 0.717) is 0 Å². The lowest BCUT2D eigenvalue weighted by molar-refractivity contribution is 0.434. The number of para-hydroxylation sites is 2. The number of hydrogen-bond donors (Lipinski definition) is 1. The van der Waals surface area contributed by atoms with E-state index in [4.69, 9.17) is 17.9 Å². The Bertz CT molecular complexity index is 2130. The first-order chi connectivity index (χ1) is 26.5. The second kappa shape index (κ2) is 19.6. The van der Waals surface area contributed by atoms with Gasteiger partial charge in [0.25, 0.3) is 0 Å². The number of fused-ring (bicyclic) bond motifs is 5. The summed E-state index contributed by atoms with van der Waals surface area (Å²) in [5.74, 6) is 1.57. The normalized spacial score (nSPS) is 19.8. The van der Waals surface area contributed by atoms with Gasteiger partial charge >= 0.3 is 0 Å². The number of nitrogens with two attached hydrogens (primary N) is 1. The molecule has 0 fully saturated rings. The molecule has 0 bridgehead atoms. The van der Waals surface area contributed by atoms with Crippen molar-refractivity contribution >= 4 is 6.08 Å². The van der Waals surface area contributed by atoms with E-state index in [-0.39, 0.29) is 5.92 Å². The largest absolute Gasteiger partial charge is 0.457 e. The molecule has 1 heterocycles. The van der Waals surface area contributed by atoms with Crippen molar-refractivity contribution in [2.24, 2.45) is 5.73 Å². The number of allylic oxidation sites excluding steroid dienone is 18. The van der Waals surface area contributed by atoms with E-state index in [1.807, 2.05) is 43.3 Å². The second-order valence-electron chi connectivity index (χ2n) is 13.0. The molecule has 0 saturated carbocycles. The quantitative estimate of drug-likeness (QED) is 0.210. The highest BCUT2D eigenvalue weighted by atomic mass is 16.5. The summed E-state index contributed by atoms with van der Waals surface area (Å²) in [6, 6.07) is 35.7. The first kappa shape index (κ1) is 39.0. The molecule has 1 aliphatic carbocycles. The van der Waals surface area contributed by atoms with Crippen LogP contribution in [0.25, 0.3) is 6.08 Å². The molecule has 1 spiro atoms. The lowest BCUT2D eigenvalue weighted by atomic mass is 9.63. The van der Waals surface area contributed by atoms with E-state index in [1.165, 1.54) is 23.7 Å². The molecule has 2 aliphatic rings. The van der Waals surface area contributed by atoms with Crippen molar-refractivity contribution in [3.63, 3.8) is 0 Å². The van der Waals surface area contributed by atoms with E-state index in [9.17, 15) is 0 Å². The van der Waals surface area contributed by atoms with Crippen molar-refractivity contribution in [1.29, 1.82) is 0 Å². The fourth-order valence-electron chi connectivity index (χ4n) is 7.14. The van der Waals surface area contributed by atoms with Crippen LogP contribution < -0.4 is 10.5 Å². The molecule has 6 rings (SSSR count). The maximum absolute atomic E-state index is 6.49. The van der Waals surface area contributed by atoms with Crippen LogP contribution in [-0.4, -0.2) is 7.05 Å². The van der Waals surface area contributed by atoms with Gasteiger partial charge in [-0.2, -0.15) is 0 Å². The van der Waals surface area contributed by atoms with Gasteiger partial charge in [-0.05, 0) is 77.9 Å². The van der Waals surface area contributed by atoms with Gasteiger partial charge in [-0.25, -0.2) is 0 Å². The molecule has 4 aromatic rings. The fraction of sp³-hybridized carbons (Fsp3) is 0.115. The van der Waals surface area contributed by atoms with Crippen molar-refractivity contribution in [1.82, 2.24) is 0 Å². The zero-order valence-corrected chi connectivity index (χ0v) is 31.6. The molecule has 0 radical (unpaired) electrons. The third-order valence-electron chi connectivity index (χ3n) is 9.66. The monoisotopic (exact) mass is 705 g/mol. The molecule has 0 amide bonds. The Balaban J connectivity index is 0.00000276. The van der Waals surface area contributed by atoms with Crippen LogP contribution in [0.4, 0.5) is 0 Å². The zero-order valence-electron chi connectivity index (χ0n) is 31.6. The molecular weight excluding hydrogens is 655 g/mol. The van der Waals surface area contributed by atoms with Gasteiger partial charge in [0.2, 0.25) is 0 Å². The summed E-state index contributed by atoms with van der Waals surface area (Å²) >= 11 is 0. The molecule has 54 heavy (non-hydrogen) atoms. The predicted molar refractivity (Wildman–Crippen MR) is 233 cm³/mol. The van der Waals surface area contributed by atoms with E-state index in [1.54, 1.807) is 0 Å². The number of rotatable bonds is 5. The highest BCUT2D eigenvalue weighted by molar-refractivity contribution is 5.72. The Labute approximate surface area is 323 Å². The lowest BCUT2D eigenvalue weighted by Gasteiger charge is -2.42.